The molecular formula is C40H68N14O15. The number of aliphatic imine (C=N–C) groups is 1. The first kappa shape index (κ1) is 60.0. The summed E-state index contributed by atoms with van der Waals surface area (Å²) >= 11 is 0. The largest absolute Gasteiger partial charge is 0.481 e. The van der Waals surface area contributed by atoms with Crippen molar-refractivity contribution in [2.45, 2.75) is 128 Å². The molecule has 1 aliphatic heterocycles. The summed E-state index contributed by atoms with van der Waals surface area (Å²) in [6.45, 7) is 6.78. The van der Waals surface area contributed by atoms with Crippen LogP contribution in [0.25, 0.3) is 0 Å². The van der Waals surface area contributed by atoms with E-state index in [9.17, 15) is 73.4 Å². The van der Waals surface area contributed by atoms with Crippen molar-refractivity contribution in [3.8, 4) is 0 Å². The molecule has 0 aromatic heterocycles. The molecule has 0 saturated carbocycles. The summed E-state index contributed by atoms with van der Waals surface area (Å²) in [5, 5.41) is 58.7. The lowest BCUT2D eigenvalue weighted by Crippen LogP contribution is -2.58. The van der Waals surface area contributed by atoms with Crippen molar-refractivity contribution in [2.75, 3.05) is 26.2 Å². The lowest BCUT2D eigenvalue weighted by Gasteiger charge is -2.29. The third kappa shape index (κ3) is 20.8. The summed E-state index contributed by atoms with van der Waals surface area (Å²) in [4.78, 5) is 144. The highest BCUT2D eigenvalue weighted by Crippen LogP contribution is 2.13. The maximum atomic E-state index is 13.6. The van der Waals surface area contributed by atoms with Crippen molar-refractivity contribution >= 4 is 71.5 Å². The van der Waals surface area contributed by atoms with Gasteiger partial charge in [0, 0.05) is 25.7 Å². The molecule has 1 fully saturated rings. The van der Waals surface area contributed by atoms with E-state index in [2.05, 4.69) is 47.5 Å². The van der Waals surface area contributed by atoms with Gasteiger partial charge >= 0.3 is 5.97 Å². The number of guanidine groups is 1. The minimum Gasteiger partial charge on any atom is -0.481 e. The van der Waals surface area contributed by atoms with Gasteiger partial charge in [0.1, 0.15) is 41.9 Å². The molecule has 0 aromatic carbocycles. The molecule has 0 aliphatic carbocycles. The first-order chi connectivity index (χ1) is 32.2. The number of amides is 10. The second kappa shape index (κ2) is 29.7. The number of carbonyl (C=O) groups is 11. The van der Waals surface area contributed by atoms with Gasteiger partial charge in [-0.05, 0) is 73.1 Å². The average molecular weight is 985 g/mol. The normalized spacial score (nSPS) is 17.5. The van der Waals surface area contributed by atoms with Crippen molar-refractivity contribution in [1.29, 1.82) is 0 Å². The zero-order valence-electron chi connectivity index (χ0n) is 39.4. The minimum absolute atomic E-state index is 0.0273. The molecule has 388 valence electrons. The number of carbonyl (C=O) groups excluding carboxylic acids is 10. The zero-order chi connectivity index (χ0) is 52.7. The Labute approximate surface area is 397 Å². The summed E-state index contributed by atoms with van der Waals surface area (Å²) in [7, 11) is 0. The van der Waals surface area contributed by atoms with Gasteiger partial charge < -0.3 is 69.9 Å². The van der Waals surface area contributed by atoms with E-state index >= 15 is 0 Å². The van der Waals surface area contributed by atoms with Crippen LogP contribution in [-0.2, 0) is 52.7 Å². The van der Waals surface area contributed by atoms with Crippen LogP contribution >= 0.6 is 0 Å². The number of nitrogens with one attached hydrogen (secondary N) is 8. The van der Waals surface area contributed by atoms with Crippen LogP contribution in [-0.4, -0.2) is 177 Å². The number of hydroxylamine groups is 4. The molecule has 69 heavy (non-hydrogen) atoms. The van der Waals surface area contributed by atoms with E-state index in [1.165, 1.54) is 34.6 Å². The van der Waals surface area contributed by atoms with Gasteiger partial charge in [-0.3, -0.25) is 68.1 Å². The second-order valence-corrected chi connectivity index (χ2v) is 16.3. The van der Waals surface area contributed by atoms with Gasteiger partial charge in [0.15, 0.2) is 5.96 Å². The fourth-order valence-electron chi connectivity index (χ4n) is 6.33. The molecule has 0 aromatic rings. The summed E-state index contributed by atoms with van der Waals surface area (Å²) in [5.41, 5.74) is 16.0. The maximum absolute atomic E-state index is 13.6. The van der Waals surface area contributed by atoms with E-state index in [4.69, 9.17) is 17.2 Å². The van der Waals surface area contributed by atoms with Crippen molar-refractivity contribution in [1.82, 2.24) is 52.7 Å². The highest BCUT2D eigenvalue weighted by Gasteiger charge is 2.37. The van der Waals surface area contributed by atoms with Gasteiger partial charge in [0.05, 0.1) is 24.5 Å². The number of hydrogen-bond donors (Lipinski definition) is 15. The Morgan fingerprint density at radius 2 is 1.42 bits per heavy atom. The van der Waals surface area contributed by atoms with Crippen molar-refractivity contribution < 1.29 is 73.4 Å². The van der Waals surface area contributed by atoms with E-state index in [-0.39, 0.29) is 69.2 Å². The molecule has 29 heteroatoms. The number of nitrogens with zero attached hydrogens (tertiary/aromatic N) is 3. The van der Waals surface area contributed by atoms with Crippen molar-refractivity contribution in [3.05, 3.63) is 11.8 Å². The van der Waals surface area contributed by atoms with Gasteiger partial charge in [0.25, 0.3) is 11.8 Å². The Bertz CT molecular complexity index is 1910. The molecule has 10 amide bonds. The highest BCUT2D eigenvalue weighted by atomic mass is 16.5. The Hall–Kier alpha value is -6.98. The minimum atomic E-state index is -1.70. The molecule has 0 radical (unpaired) electrons. The van der Waals surface area contributed by atoms with Crippen LogP contribution in [0.1, 0.15) is 80.1 Å². The van der Waals surface area contributed by atoms with Crippen LogP contribution in [0.5, 0.6) is 0 Å². The summed E-state index contributed by atoms with van der Waals surface area (Å²) in [6.07, 6.45) is 0.374. The van der Waals surface area contributed by atoms with Gasteiger partial charge in [0.2, 0.25) is 47.8 Å². The third-order valence-electron chi connectivity index (χ3n) is 10.6. The second-order valence-electron chi connectivity index (χ2n) is 16.3. The van der Waals surface area contributed by atoms with Crippen LogP contribution in [0.15, 0.2) is 16.8 Å². The van der Waals surface area contributed by atoms with E-state index in [0.717, 1.165) is 13.0 Å². The van der Waals surface area contributed by atoms with E-state index in [0.29, 0.717) is 11.5 Å². The zero-order valence-corrected chi connectivity index (χ0v) is 39.4. The maximum Gasteiger partial charge on any atom is 0.308 e. The molecule has 0 spiro atoms. The smallest absolute Gasteiger partial charge is 0.308 e. The number of allylic oxidation sites excluding steroid dienone is 1. The lowest BCUT2D eigenvalue weighted by molar-refractivity contribution is -0.173. The Morgan fingerprint density at radius 1 is 0.826 bits per heavy atom. The Kier molecular flexibility index (Phi) is 25.8. The number of aliphatic hydroxyl groups is 1. The number of carboxylic acids is 1. The molecule has 0 bridgehead atoms. The summed E-state index contributed by atoms with van der Waals surface area (Å²) in [6, 6.07) is -9.14. The van der Waals surface area contributed by atoms with E-state index in [1.54, 1.807) is 0 Å². The quantitative estimate of drug-likeness (QED) is 0.00631. The van der Waals surface area contributed by atoms with Crippen LogP contribution in [0.4, 0.5) is 0 Å². The van der Waals surface area contributed by atoms with Crippen LogP contribution < -0.4 is 59.7 Å². The van der Waals surface area contributed by atoms with Crippen LogP contribution in [0.2, 0.25) is 0 Å². The molecule has 10 atom stereocenters. The topological polar surface area (TPSA) is 462 Å². The number of aliphatic carboxylic acids is 1. The van der Waals surface area contributed by atoms with Gasteiger partial charge in [-0.2, -0.15) is 0 Å². The number of nitrogens with two attached hydrogens (primary N) is 3. The molecule has 10 unspecified atom stereocenters. The molecule has 1 heterocycles. The highest BCUT2D eigenvalue weighted by molar-refractivity contribution is 6.01. The fourth-order valence-corrected chi connectivity index (χ4v) is 6.33. The van der Waals surface area contributed by atoms with Gasteiger partial charge in [-0.25, -0.2) is 10.1 Å². The Balaban J connectivity index is 3.05. The molecule has 1 rings (SSSR count). The fraction of sp³-hybridized carbons (Fsp3) is 0.650. The van der Waals surface area contributed by atoms with E-state index < -0.39 is 132 Å². The van der Waals surface area contributed by atoms with Crippen molar-refractivity contribution in [2.24, 2.45) is 34.0 Å². The lowest BCUT2D eigenvalue weighted by atomic mass is 9.96. The molecule has 1 aliphatic rings. The number of rotatable bonds is 29. The predicted octanol–water partition coefficient (Wildman–Crippen LogP) is -6.17. The monoisotopic (exact) mass is 984 g/mol. The number of hydrogen-bond acceptors (Lipinski definition) is 16. The predicted molar refractivity (Wildman–Crippen MR) is 240 cm³/mol. The van der Waals surface area contributed by atoms with Crippen LogP contribution in [0.3, 0.4) is 0 Å². The first-order valence-corrected chi connectivity index (χ1v) is 21.9. The summed E-state index contributed by atoms with van der Waals surface area (Å²) < 4.78 is 0. The standard InChI is InChI=1S/C40H68N14O15/c1-7-24(48-28(56)17-45-32(59)22(5)47-37(64)29(19(2)39(66)67)52-31(58)20(3)30(57)21(4)41)34(61)50-26(12-9-15-53(68)18-55)35(62)46-23(6)33(60)49-25(11-8-14-44-40(42)43)36(63)51-27-13-10-16-54(69)38(27)65/h7,18-23,25-27,29-30,57,68-69H,8-17,41H2,1-6H3,(H,45,59)(H,46,62)(H,47,64)(H,48,56)(H,49,60)(H,50,61)(H,51,63)(H,52,58)(H,66,67)(H4,42,43,44). The summed E-state index contributed by atoms with van der Waals surface area (Å²) in [5.74, 6) is -12.6. The molecule has 29 nitrogen and oxygen atoms in total. The first-order valence-electron chi connectivity index (χ1n) is 21.9. The molecule has 1 saturated heterocycles. The number of carboxylic acid groups (broad SMARTS) is 1. The van der Waals surface area contributed by atoms with Gasteiger partial charge in [-0.15, -0.1) is 0 Å². The molecule has 18 N–H and O–H groups in total. The van der Waals surface area contributed by atoms with Gasteiger partial charge in [-0.1, -0.05) is 13.0 Å². The van der Waals surface area contributed by atoms with Crippen molar-refractivity contribution in [3.63, 3.8) is 0 Å². The van der Waals surface area contributed by atoms with Crippen LogP contribution in [0, 0.1) is 11.8 Å². The SMILES string of the molecule is CC=C(NC(=O)CNC(=O)C(C)NC(=O)C(NC(=O)C(C)C(O)C(C)N)C(C)C(=O)O)C(=O)NC(CCCN(O)C=O)C(=O)NC(C)C(=O)NC(CCCN=C(N)N)C(=O)NC1CCCN(O)C1=O. The Morgan fingerprint density at radius 3 is 2.00 bits per heavy atom. The molecular weight excluding hydrogens is 917 g/mol. The average Bonchev–Trinajstić information content (AvgIpc) is 3.29. The third-order valence-corrected chi connectivity index (χ3v) is 10.6. The number of piperidine rings is 1. The number of aliphatic hydroxyl groups excluding tert-OH is 1. The van der Waals surface area contributed by atoms with E-state index in [1.807, 2.05) is 0 Å².